The monoisotopic (exact) mass is 211 g/mol. The summed E-state index contributed by atoms with van der Waals surface area (Å²) in [6, 6.07) is 2.45. The number of nitro benzene ring substituents is 1. The van der Waals surface area contributed by atoms with E-state index in [2.05, 4.69) is 0 Å². The van der Waals surface area contributed by atoms with Crippen molar-refractivity contribution in [2.24, 2.45) is 0 Å². The molecule has 0 atom stereocenters. The van der Waals surface area contributed by atoms with Gasteiger partial charge in [-0.2, -0.15) is 0 Å². The number of carboxylic acid groups (broad SMARTS) is 1. The molecule has 0 bridgehead atoms. The van der Waals surface area contributed by atoms with Crippen molar-refractivity contribution in [3.63, 3.8) is 0 Å². The van der Waals surface area contributed by atoms with E-state index in [1.54, 1.807) is 0 Å². The molecule has 0 saturated heterocycles. The zero-order chi connectivity index (χ0) is 11.6. The smallest absolute Gasteiger partial charge is 0.336 e. The van der Waals surface area contributed by atoms with Crippen LogP contribution in [0.2, 0.25) is 0 Å². The highest BCUT2D eigenvalue weighted by Gasteiger charge is 2.20. The molecule has 0 amide bonds. The number of aromatic carboxylic acids is 1. The molecular formula is C9H9NO5. The number of nitro groups is 1. The average Bonchev–Trinajstić information content (AvgIpc) is 2.17. The molecule has 80 valence electrons. The van der Waals surface area contributed by atoms with Crippen LogP contribution in [0.1, 0.15) is 15.9 Å². The fraction of sp³-hybridized carbons (Fsp3) is 0.222. The van der Waals surface area contributed by atoms with Crippen LogP contribution in [0, 0.1) is 17.0 Å². The van der Waals surface area contributed by atoms with Crippen LogP contribution in [0.25, 0.3) is 0 Å². The Balaban J connectivity index is 3.47. The van der Waals surface area contributed by atoms with Gasteiger partial charge in [-0.3, -0.25) is 10.1 Å². The van der Waals surface area contributed by atoms with Crippen LogP contribution in [0.3, 0.4) is 0 Å². The minimum Gasteiger partial charge on any atom is -0.496 e. The molecule has 0 fully saturated rings. The first-order valence-corrected chi connectivity index (χ1v) is 4.03. The SMILES string of the molecule is COc1cc(C(=O)O)c(C)c([N+](=O)[O-])c1. The van der Waals surface area contributed by atoms with Crippen molar-refractivity contribution < 1.29 is 19.6 Å². The number of carboxylic acids is 1. The van der Waals surface area contributed by atoms with E-state index in [4.69, 9.17) is 9.84 Å². The lowest BCUT2D eigenvalue weighted by Crippen LogP contribution is -2.03. The van der Waals surface area contributed by atoms with Crippen molar-refractivity contribution in [3.8, 4) is 5.75 Å². The van der Waals surface area contributed by atoms with Gasteiger partial charge in [0.15, 0.2) is 0 Å². The van der Waals surface area contributed by atoms with E-state index in [1.807, 2.05) is 0 Å². The van der Waals surface area contributed by atoms with Crippen LogP contribution in [-0.4, -0.2) is 23.1 Å². The topological polar surface area (TPSA) is 89.7 Å². The van der Waals surface area contributed by atoms with Gasteiger partial charge in [-0.1, -0.05) is 0 Å². The molecule has 0 aliphatic heterocycles. The lowest BCUT2D eigenvalue weighted by Gasteiger charge is -2.05. The highest BCUT2D eigenvalue weighted by atomic mass is 16.6. The summed E-state index contributed by atoms with van der Waals surface area (Å²) < 4.78 is 4.78. The van der Waals surface area contributed by atoms with Crippen molar-refractivity contribution >= 4 is 11.7 Å². The maximum absolute atomic E-state index is 10.8. The number of hydrogen-bond acceptors (Lipinski definition) is 4. The van der Waals surface area contributed by atoms with Crippen molar-refractivity contribution in [2.75, 3.05) is 7.11 Å². The highest BCUT2D eigenvalue weighted by molar-refractivity contribution is 5.91. The molecule has 1 aromatic carbocycles. The summed E-state index contributed by atoms with van der Waals surface area (Å²) in [5.41, 5.74) is -0.263. The minimum atomic E-state index is -1.21. The van der Waals surface area contributed by atoms with Crippen molar-refractivity contribution in [3.05, 3.63) is 33.4 Å². The normalized spacial score (nSPS) is 9.73. The average molecular weight is 211 g/mol. The number of ether oxygens (including phenoxy) is 1. The number of nitrogens with zero attached hydrogens (tertiary/aromatic N) is 1. The van der Waals surface area contributed by atoms with Gasteiger partial charge in [0.1, 0.15) is 5.75 Å². The third kappa shape index (κ3) is 2.04. The second-order valence-corrected chi connectivity index (χ2v) is 2.88. The quantitative estimate of drug-likeness (QED) is 0.605. The van der Waals surface area contributed by atoms with Gasteiger partial charge in [0.05, 0.1) is 23.7 Å². The molecule has 0 saturated carbocycles. The molecule has 0 radical (unpaired) electrons. The van der Waals surface area contributed by atoms with Crippen LogP contribution in [0.15, 0.2) is 12.1 Å². The minimum absolute atomic E-state index is 0.119. The van der Waals surface area contributed by atoms with Crippen LogP contribution >= 0.6 is 0 Å². The van der Waals surface area contributed by atoms with Gasteiger partial charge in [0.2, 0.25) is 0 Å². The maximum atomic E-state index is 10.8. The number of carbonyl (C=O) groups is 1. The molecule has 0 aromatic heterocycles. The zero-order valence-corrected chi connectivity index (χ0v) is 8.18. The molecule has 0 aliphatic rings. The number of hydrogen-bond donors (Lipinski definition) is 1. The summed E-state index contributed by atoms with van der Waals surface area (Å²) in [6.07, 6.45) is 0. The molecule has 0 aliphatic carbocycles. The highest BCUT2D eigenvalue weighted by Crippen LogP contribution is 2.27. The van der Waals surface area contributed by atoms with Crippen LogP contribution < -0.4 is 4.74 Å². The lowest BCUT2D eigenvalue weighted by atomic mass is 10.1. The first kappa shape index (κ1) is 11.0. The molecule has 0 spiro atoms. The molecule has 6 heteroatoms. The van der Waals surface area contributed by atoms with Gasteiger partial charge < -0.3 is 9.84 Å². The van der Waals surface area contributed by atoms with E-state index in [-0.39, 0.29) is 22.6 Å². The third-order valence-corrected chi connectivity index (χ3v) is 2.02. The zero-order valence-electron chi connectivity index (χ0n) is 8.18. The summed E-state index contributed by atoms with van der Waals surface area (Å²) in [5, 5.41) is 19.4. The largest absolute Gasteiger partial charge is 0.496 e. The molecule has 0 heterocycles. The van der Waals surface area contributed by atoms with Gasteiger partial charge in [-0.25, -0.2) is 4.79 Å². The van der Waals surface area contributed by atoms with Gasteiger partial charge in [0, 0.05) is 5.56 Å². The Morgan fingerprint density at radius 1 is 1.53 bits per heavy atom. The summed E-state index contributed by atoms with van der Waals surface area (Å²) >= 11 is 0. The van der Waals surface area contributed by atoms with Gasteiger partial charge in [-0.15, -0.1) is 0 Å². The van der Waals surface area contributed by atoms with E-state index in [0.717, 1.165) is 0 Å². The predicted octanol–water partition coefficient (Wildman–Crippen LogP) is 1.61. The number of rotatable bonds is 3. The molecule has 1 rings (SSSR count). The first-order valence-electron chi connectivity index (χ1n) is 4.03. The van der Waals surface area contributed by atoms with Gasteiger partial charge in [-0.05, 0) is 13.0 Å². The van der Waals surface area contributed by atoms with Crippen molar-refractivity contribution in [1.29, 1.82) is 0 Å². The van der Waals surface area contributed by atoms with E-state index < -0.39 is 10.9 Å². The molecular weight excluding hydrogens is 202 g/mol. The van der Waals surface area contributed by atoms with Gasteiger partial charge >= 0.3 is 5.97 Å². The second-order valence-electron chi connectivity index (χ2n) is 2.88. The standard InChI is InChI=1S/C9H9NO5/c1-5-7(9(11)12)3-6(15-2)4-8(5)10(13)14/h3-4H,1-2H3,(H,11,12). The number of benzene rings is 1. The fourth-order valence-corrected chi connectivity index (χ4v) is 1.20. The summed E-state index contributed by atoms with van der Waals surface area (Å²) in [5.74, 6) is -1.06. The molecule has 15 heavy (non-hydrogen) atoms. The van der Waals surface area contributed by atoms with Crippen molar-refractivity contribution in [2.45, 2.75) is 6.92 Å². The third-order valence-electron chi connectivity index (χ3n) is 2.02. The molecule has 0 unspecified atom stereocenters. The van der Waals surface area contributed by atoms with Crippen LogP contribution in [-0.2, 0) is 0 Å². The Bertz CT molecular complexity index is 392. The molecule has 6 nitrogen and oxygen atoms in total. The molecule has 1 aromatic rings. The van der Waals surface area contributed by atoms with E-state index in [1.165, 1.54) is 26.2 Å². The van der Waals surface area contributed by atoms with E-state index in [0.29, 0.717) is 0 Å². The lowest BCUT2D eigenvalue weighted by molar-refractivity contribution is -0.385. The summed E-state index contributed by atoms with van der Waals surface area (Å²) in [7, 11) is 1.32. The van der Waals surface area contributed by atoms with Crippen molar-refractivity contribution in [1.82, 2.24) is 0 Å². The molecule has 1 N–H and O–H groups in total. The Kier molecular flexibility index (Phi) is 2.89. The first-order chi connectivity index (χ1) is 6.97. The summed E-state index contributed by atoms with van der Waals surface area (Å²) in [6.45, 7) is 1.39. The van der Waals surface area contributed by atoms with E-state index in [9.17, 15) is 14.9 Å². The van der Waals surface area contributed by atoms with E-state index >= 15 is 0 Å². The van der Waals surface area contributed by atoms with Gasteiger partial charge in [0.25, 0.3) is 5.69 Å². The Labute approximate surface area is 85.2 Å². The Morgan fingerprint density at radius 2 is 2.13 bits per heavy atom. The predicted molar refractivity (Wildman–Crippen MR) is 51.3 cm³/mol. The number of methoxy groups -OCH3 is 1. The second kappa shape index (κ2) is 3.95. The Hall–Kier alpha value is -2.11. The summed E-state index contributed by atoms with van der Waals surface area (Å²) in [4.78, 5) is 20.8. The fourth-order valence-electron chi connectivity index (χ4n) is 1.20. The van der Waals surface area contributed by atoms with Crippen LogP contribution in [0.5, 0.6) is 5.75 Å². The van der Waals surface area contributed by atoms with Crippen LogP contribution in [0.4, 0.5) is 5.69 Å². The maximum Gasteiger partial charge on any atom is 0.336 e. The Morgan fingerprint density at radius 3 is 2.53 bits per heavy atom.